The lowest BCUT2D eigenvalue weighted by Crippen LogP contribution is -2.31. The number of likely N-dealkylation sites (N-methyl/N-ethyl adjacent to an activating group) is 1. The summed E-state index contributed by atoms with van der Waals surface area (Å²) in [5, 5.41) is 10.2. The van der Waals surface area contributed by atoms with Gasteiger partial charge in [0.2, 0.25) is 10.0 Å². The number of nitrogens with zero attached hydrogens (tertiary/aromatic N) is 4. The Labute approximate surface area is 204 Å². The minimum atomic E-state index is -3.82. The summed E-state index contributed by atoms with van der Waals surface area (Å²) in [6.45, 7) is 1.94. The van der Waals surface area contributed by atoms with Crippen molar-refractivity contribution in [3.8, 4) is 0 Å². The number of imide groups is 1. The van der Waals surface area contributed by atoms with Crippen LogP contribution in [0.15, 0.2) is 41.7 Å². The minimum absolute atomic E-state index is 0.0270. The van der Waals surface area contributed by atoms with Gasteiger partial charge in [-0.15, -0.1) is 0 Å². The zero-order valence-electron chi connectivity index (χ0n) is 20.4. The highest BCUT2D eigenvalue weighted by Crippen LogP contribution is 2.31. The third-order valence-corrected chi connectivity index (χ3v) is 5.98. The first-order valence-electron chi connectivity index (χ1n) is 10.8. The van der Waals surface area contributed by atoms with Crippen molar-refractivity contribution in [3.05, 3.63) is 53.0 Å². The second-order valence-electron chi connectivity index (χ2n) is 8.33. The molecule has 1 aliphatic heterocycles. The number of carbonyl (C=O) groups is 3. The van der Waals surface area contributed by atoms with E-state index in [1.165, 1.54) is 37.8 Å². The maximum atomic E-state index is 13.0. The van der Waals surface area contributed by atoms with E-state index < -0.39 is 27.7 Å². The molecule has 12 nitrogen and oxygen atoms in total. The van der Waals surface area contributed by atoms with E-state index in [0.717, 1.165) is 16.7 Å². The van der Waals surface area contributed by atoms with Crippen LogP contribution >= 0.6 is 0 Å². The third-order valence-electron chi connectivity index (χ3n) is 5.40. The molecule has 2 aromatic rings. The molecule has 0 spiro atoms. The number of anilines is 2. The van der Waals surface area contributed by atoms with E-state index in [-0.39, 0.29) is 34.6 Å². The average molecular weight is 504 g/mol. The molecule has 0 bridgehead atoms. The number of amides is 3. The Morgan fingerprint density at radius 1 is 1.09 bits per heavy atom. The lowest BCUT2D eigenvalue weighted by molar-refractivity contribution is -0.136. The first-order valence-corrected chi connectivity index (χ1v) is 12.7. The molecule has 35 heavy (non-hydrogen) atoms. The van der Waals surface area contributed by atoms with Gasteiger partial charge in [0.05, 0.1) is 12.3 Å². The second-order valence-corrected chi connectivity index (χ2v) is 10.1. The number of nitrogens with one attached hydrogen (secondary N) is 3. The topological polar surface area (TPSA) is 146 Å². The van der Waals surface area contributed by atoms with E-state index in [1.807, 2.05) is 37.3 Å². The van der Waals surface area contributed by atoms with Crippen molar-refractivity contribution >= 4 is 39.3 Å². The lowest BCUT2D eigenvalue weighted by Gasteiger charge is -2.20. The number of aromatic nitrogens is 2. The Morgan fingerprint density at radius 2 is 1.69 bits per heavy atom. The maximum Gasteiger partial charge on any atom is 0.279 e. The summed E-state index contributed by atoms with van der Waals surface area (Å²) in [4.78, 5) is 40.8. The molecule has 0 fully saturated rings. The third kappa shape index (κ3) is 5.29. The van der Waals surface area contributed by atoms with Crippen LogP contribution in [0.4, 0.5) is 11.5 Å². The zero-order chi connectivity index (χ0) is 26.1. The van der Waals surface area contributed by atoms with Gasteiger partial charge in [0.25, 0.3) is 17.7 Å². The van der Waals surface area contributed by atoms with Crippen molar-refractivity contribution in [2.24, 2.45) is 7.05 Å². The van der Waals surface area contributed by atoms with Gasteiger partial charge >= 0.3 is 0 Å². The SMILES string of the molecule is CCC(NC1=C(Nc2c(NS(C)(=O)=O)c(C(=O)N(C)C)nn2C)C(=O)N(C)C1=O)c1ccccc1. The Kier molecular flexibility index (Phi) is 7.19. The first kappa shape index (κ1) is 25.7. The molecule has 1 aromatic carbocycles. The standard InChI is InChI=1S/C22H29N7O5S/c1-7-14(13-11-9-8-10-12-13)23-16-17(22(32)28(4)21(16)31)24-19-15(26-35(6,33)34)18(25-29(19)5)20(30)27(2)3/h8-12,14,23-24,26H,7H2,1-6H3. The van der Waals surface area contributed by atoms with E-state index in [4.69, 9.17) is 0 Å². The summed E-state index contributed by atoms with van der Waals surface area (Å²) in [5.41, 5.74) is 0.567. The van der Waals surface area contributed by atoms with Gasteiger partial charge in [-0.25, -0.2) is 13.1 Å². The number of carbonyl (C=O) groups excluding carboxylic acids is 3. The monoisotopic (exact) mass is 503 g/mol. The van der Waals surface area contributed by atoms with E-state index in [1.54, 1.807) is 0 Å². The second kappa shape index (κ2) is 9.78. The highest BCUT2D eigenvalue weighted by Gasteiger charge is 2.38. The highest BCUT2D eigenvalue weighted by molar-refractivity contribution is 7.92. The minimum Gasteiger partial charge on any atom is -0.372 e. The number of hydrogen-bond donors (Lipinski definition) is 3. The van der Waals surface area contributed by atoms with Gasteiger partial charge in [0.15, 0.2) is 11.5 Å². The van der Waals surface area contributed by atoms with Crippen LogP contribution in [0.25, 0.3) is 0 Å². The van der Waals surface area contributed by atoms with Crippen LogP contribution in [0.1, 0.15) is 35.4 Å². The van der Waals surface area contributed by atoms with Crippen molar-refractivity contribution in [1.82, 2.24) is 24.9 Å². The Bertz CT molecular complexity index is 1300. The van der Waals surface area contributed by atoms with Crippen molar-refractivity contribution in [2.45, 2.75) is 19.4 Å². The van der Waals surface area contributed by atoms with Gasteiger partial charge in [-0.1, -0.05) is 37.3 Å². The molecule has 0 radical (unpaired) electrons. The van der Waals surface area contributed by atoms with E-state index in [2.05, 4.69) is 20.5 Å². The molecular weight excluding hydrogens is 474 g/mol. The molecule has 1 aromatic heterocycles. The quantitative estimate of drug-likeness (QED) is 0.427. The fraction of sp³-hybridized carbons (Fsp3) is 0.364. The molecule has 1 aliphatic rings. The van der Waals surface area contributed by atoms with E-state index in [0.29, 0.717) is 6.42 Å². The molecule has 3 amide bonds. The lowest BCUT2D eigenvalue weighted by atomic mass is 10.0. The fourth-order valence-electron chi connectivity index (χ4n) is 3.60. The summed E-state index contributed by atoms with van der Waals surface area (Å²) in [6.07, 6.45) is 1.56. The van der Waals surface area contributed by atoms with Crippen molar-refractivity contribution < 1.29 is 22.8 Å². The van der Waals surface area contributed by atoms with Crippen LogP contribution in [0.5, 0.6) is 0 Å². The molecule has 188 valence electrons. The number of hydrogen-bond acceptors (Lipinski definition) is 8. The smallest absolute Gasteiger partial charge is 0.279 e. The fourth-order valence-corrected chi connectivity index (χ4v) is 4.17. The van der Waals surface area contributed by atoms with Gasteiger partial charge in [-0.05, 0) is 12.0 Å². The molecule has 1 unspecified atom stereocenters. The number of rotatable bonds is 9. The first-order chi connectivity index (χ1) is 16.4. The Hall–Kier alpha value is -3.87. The molecule has 0 aliphatic carbocycles. The Morgan fingerprint density at radius 3 is 2.23 bits per heavy atom. The molecule has 3 N–H and O–H groups in total. The van der Waals surface area contributed by atoms with Crippen LogP contribution in [0.3, 0.4) is 0 Å². The predicted molar refractivity (Wildman–Crippen MR) is 131 cm³/mol. The van der Waals surface area contributed by atoms with E-state index >= 15 is 0 Å². The van der Waals surface area contributed by atoms with Gasteiger partial charge in [0.1, 0.15) is 17.1 Å². The van der Waals surface area contributed by atoms with Crippen LogP contribution < -0.4 is 15.4 Å². The number of sulfonamides is 1. The largest absolute Gasteiger partial charge is 0.372 e. The summed E-state index contributed by atoms with van der Waals surface area (Å²) < 4.78 is 27.7. The molecule has 0 saturated carbocycles. The van der Waals surface area contributed by atoms with Crippen LogP contribution in [-0.2, 0) is 26.7 Å². The van der Waals surface area contributed by atoms with Crippen LogP contribution in [0.2, 0.25) is 0 Å². The Balaban J connectivity index is 2.11. The van der Waals surface area contributed by atoms with Crippen LogP contribution in [0, 0.1) is 0 Å². The van der Waals surface area contributed by atoms with Crippen molar-refractivity contribution in [1.29, 1.82) is 0 Å². The molecule has 3 rings (SSSR count). The molecule has 13 heteroatoms. The highest BCUT2D eigenvalue weighted by atomic mass is 32.2. The van der Waals surface area contributed by atoms with Gasteiger partial charge in [0, 0.05) is 28.2 Å². The predicted octanol–water partition coefficient (Wildman–Crippen LogP) is 0.856. The summed E-state index contributed by atoms with van der Waals surface area (Å²) in [5.74, 6) is -1.68. The molecule has 0 saturated heterocycles. The molecular formula is C22H29N7O5S. The van der Waals surface area contributed by atoms with Crippen molar-refractivity contribution in [3.63, 3.8) is 0 Å². The molecule has 2 heterocycles. The average Bonchev–Trinajstić information content (AvgIpc) is 3.20. The summed E-state index contributed by atoms with van der Waals surface area (Å²) >= 11 is 0. The van der Waals surface area contributed by atoms with E-state index in [9.17, 15) is 22.8 Å². The number of aryl methyl sites for hydroxylation is 1. The number of benzene rings is 1. The van der Waals surface area contributed by atoms with Gasteiger partial charge in [-0.2, -0.15) is 5.10 Å². The van der Waals surface area contributed by atoms with Crippen molar-refractivity contribution in [2.75, 3.05) is 37.4 Å². The maximum absolute atomic E-state index is 13.0. The van der Waals surface area contributed by atoms with Gasteiger partial charge in [-0.3, -0.25) is 24.0 Å². The zero-order valence-corrected chi connectivity index (χ0v) is 21.2. The normalized spacial score (nSPS) is 14.9. The summed E-state index contributed by atoms with van der Waals surface area (Å²) in [6, 6.07) is 9.19. The van der Waals surface area contributed by atoms with Crippen LogP contribution in [-0.4, -0.2) is 73.1 Å². The molecule has 1 atom stereocenters. The van der Waals surface area contributed by atoms with Gasteiger partial charge < -0.3 is 15.5 Å². The summed E-state index contributed by atoms with van der Waals surface area (Å²) in [7, 11) is 2.02.